The highest BCUT2D eigenvalue weighted by atomic mass is 35.5. The molecule has 25 heavy (non-hydrogen) atoms. The molecule has 1 aromatic heterocycles. The Bertz CT molecular complexity index is 865. The Morgan fingerprint density at radius 1 is 0.920 bits per heavy atom. The van der Waals surface area contributed by atoms with Gasteiger partial charge in [0.15, 0.2) is 0 Å². The van der Waals surface area contributed by atoms with Crippen LogP contribution in [0.1, 0.15) is 15.9 Å². The fraction of sp³-hybridized carbons (Fsp3) is 0.0526. The van der Waals surface area contributed by atoms with Crippen molar-refractivity contribution in [3.63, 3.8) is 0 Å². The molecule has 0 radical (unpaired) electrons. The second-order valence-corrected chi connectivity index (χ2v) is 6.24. The molecule has 3 aromatic rings. The van der Waals surface area contributed by atoms with Crippen molar-refractivity contribution < 1.29 is 4.79 Å². The van der Waals surface area contributed by atoms with E-state index >= 15 is 0 Å². The van der Waals surface area contributed by atoms with Crippen LogP contribution in [0.5, 0.6) is 0 Å². The van der Waals surface area contributed by atoms with Crippen molar-refractivity contribution >= 4 is 40.6 Å². The van der Waals surface area contributed by atoms with Crippen LogP contribution in [-0.2, 0) is 6.54 Å². The summed E-state index contributed by atoms with van der Waals surface area (Å²) in [6.07, 6.45) is 1.60. The first kappa shape index (κ1) is 17.3. The summed E-state index contributed by atoms with van der Waals surface area (Å²) in [4.78, 5) is 16.6. The lowest BCUT2D eigenvalue weighted by Crippen LogP contribution is -2.12. The smallest absolute Gasteiger partial charge is 0.255 e. The van der Waals surface area contributed by atoms with Gasteiger partial charge in [0, 0.05) is 34.0 Å². The third-order valence-corrected chi connectivity index (χ3v) is 4.02. The van der Waals surface area contributed by atoms with E-state index in [1.165, 1.54) is 0 Å². The number of pyridine rings is 1. The van der Waals surface area contributed by atoms with E-state index in [1.807, 2.05) is 24.3 Å². The molecule has 0 atom stereocenters. The summed E-state index contributed by atoms with van der Waals surface area (Å²) >= 11 is 11.7. The minimum absolute atomic E-state index is 0.209. The van der Waals surface area contributed by atoms with Gasteiger partial charge in [-0.05, 0) is 54.1 Å². The Morgan fingerprint density at radius 3 is 2.24 bits per heavy atom. The van der Waals surface area contributed by atoms with Gasteiger partial charge in [0.25, 0.3) is 5.91 Å². The van der Waals surface area contributed by atoms with Gasteiger partial charge in [-0.15, -0.1) is 0 Å². The molecular formula is C19H15Cl2N3O. The molecule has 0 fully saturated rings. The number of hydrogen-bond acceptors (Lipinski definition) is 3. The van der Waals surface area contributed by atoms with Gasteiger partial charge >= 0.3 is 0 Å². The SMILES string of the molecule is O=C(Nc1ccc(Cl)cc1)c1ccnc(NCc2ccc(Cl)cc2)c1. The first-order chi connectivity index (χ1) is 12.1. The fourth-order valence-corrected chi connectivity index (χ4v) is 2.45. The van der Waals surface area contributed by atoms with E-state index in [1.54, 1.807) is 42.6 Å². The summed E-state index contributed by atoms with van der Waals surface area (Å²) in [5.41, 5.74) is 2.27. The number of hydrogen-bond donors (Lipinski definition) is 2. The highest BCUT2D eigenvalue weighted by molar-refractivity contribution is 6.30. The number of benzene rings is 2. The largest absolute Gasteiger partial charge is 0.366 e. The molecule has 0 unspecified atom stereocenters. The van der Waals surface area contributed by atoms with Crippen molar-refractivity contribution in [2.75, 3.05) is 10.6 Å². The monoisotopic (exact) mass is 371 g/mol. The van der Waals surface area contributed by atoms with Crippen molar-refractivity contribution in [2.45, 2.75) is 6.54 Å². The molecule has 4 nitrogen and oxygen atoms in total. The minimum Gasteiger partial charge on any atom is -0.366 e. The van der Waals surface area contributed by atoms with Gasteiger partial charge in [0.05, 0.1) is 0 Å². The maximum Gasteiger partial charge on any atom is 0.255 e. The lowest BCUT2D eigenvalue weighted by Gasteiger charge is -2.09. The molecular weight excluding hydrogens is 357 g/mol. The van der Waals surface area contributed by atoms with Crippen molar-refractivity contribution in [1.29, 1.82) is 0 Å². The van der Waals surface area contributed by atoms with Crippen molar-refractivity contribution in [2.24, 2.45) is 0 Å². The molecule has 0 aliphatic rings. The van der Waals surface area contributed by atoms with Gasteiger partial charge in [-0.25, -0.2) is 4.98 Å². The van der Waals surface area contributed by atoms with Gasteiger partial charge in [-0.2, -0.15) is 0 Å². The van der Waals surface area contributed by atoms with Gasteiger partial charge in [0.1, 0.15) is 5.82 Å². The average molecular weight is 372 g/mol. The lowest BCUT2D eigenvalue weighted by molar-refractivity contribution is 0.102. The van der Waals surface area contributed by atoms with E-state index in [9.17, 15) is 4.79 Å². The molecule has 1 heterocycles. The van der Waals surface area contributed by atoms with Crippen LogP contribution in [0.2, 0.25) is 10.0 Å². The summed E-state index contributed by atoms with van der Waals surface area (Å²) < 4.78 is 0. The molecule has 0 saturated carbocycles. The van der Waals surface area contributed by atoms with Crippen LogP contribution in [0.3, 0.4) is 0 Å². The van der Waals surface area contributed by atoms with Crippen LogP contribution in [0, 0.1) is 0 Å². The molecule has 0 bridgehead atoms. The maximum atomic E-state index is 12.3. The van der Waals surface area contributed by atoms with E-state index in [2.05, 4.69) is 15.6 Å². The number of aromatic nitrogens is 1. The van der Waals surface area contributed by atoms with Crippen molar-refractivity contribution in [3.05, 3.63) is 88.0 Å². The zero-order valence-corrected chi connectivity index (χ0v) is 14.7. The highest BCUT2D eigenvalue weighted by Crippen LogP contribution is 2.16. The predicted octanol–water partition coefficient (Wildman–Crippen LogP) is 5.25. The maximum absolute atomic E-state index is 12.3. The van der Waals surface area contributed by atoms with Crippen LogP contribution >= 0.6 is 23.2 Å². The Labute approximate surface area is 155 Å². The molecule has 0 spiro atoms. The second kappa shape index (κ2) is 8.01. The van der Waals surface area contributed by atoms with Crippen molar-refractivity contribution in [1.82, 2.24) is 4.98 Å². The first-order valence-corrected chi connectivity index (χ1v) is 8.37. The molecule has 0 aliphatic carbocycles. The lowest BCUT2D eigenvalue weighted by atomic mass is 10.2. The normalized spacial score (nSPS) is 10.3. The number of carbonyl (C=O) groups excluding carboxylic acids is 1. The number of amides is 1. The Balaban J connectivity index is 1.64. The summed E-state index contributed by atoms with van der Waals surface area (Å²) in [5, 5.41) is 7.34. The quantitative estimate of drug-likeness (QED) is 0.643. The topological polar surface area (TPSA) is 54.0 Å². The van der Waals surface area contributed by atoms with Gasteiger partial charge in [-0.3, -0.25) is 4.79 Å². The summed E-state index contributed by atoms with van der Waals surface area (Å²) in [6, 6.07) is 17.9. The number of nitrogens with zero attached hydrogens (tertiary/aromatic N) is 1. The summed E-state index contributed by atoms with van der Waals surface area (Å²) in [6.45, 7) is 0.590. The Kier molecular flexibility index (Phi) is 5.53. The molecule has 3 rings (SSSR count). The molecule has 126 valence electrons. The van der Waals surface area contributed by atoms with E-state index in [0.29, 0.717) is 33.7 Å². The van der Waals surface area contributed by atoms with Crippen LogP contribution in [0.4, 0.5) is 11.5 Å². The fourth-order valence-electron chi connectivity index (χ4n) is 2.20. The molecule has 6 heteroatoms. The molecule has 0 aliphatic heterocycles. The Hall–Kier alpha value is -2.56. The third kappa shape index (κ3) is 4.95. The average Bonchev–Trinajstić information content (AvgIpc) is 2.63. The zero-order chi connectivity index (χ0) is 17.6. The molecule has 2 N–H and O–H groups in total. The van der Waals surface area contributed by atoms with E-state index in [0.717, 1.165) is 5.56 Å². The number of anilines is 2. The number of rotatable bonds is 5. The second-order valence-electron chi connectivity index (χ2n) is 5.37. The third-order valence-electron chi connectivity index (χ3n) is 3.51. The zero-order valence-electron chi connectivity index (χ0n) is 13.2. The number of nitrogens with one attached hydrogen (secondary N) is 2. The van der Waals surface area contributed by atoms with Crippen LogP contribution in [0.25, 0.3) is 0 Å². The van der Waals surface area contributed by atoms with Crippen LogP contribution < -0.4 is 10.6 Å². The first-order valence-electron chi connectivity index (χ1n) is 7.61. The molecule has 0 saturated heterocycles. The predicted molar refractivity (Wildman–Crippen MR) is 102 cm³/mol. The van der Waals surface area contributed by atoms with Crippen molar-refractivity contribution in [3.8, 4) is 0 Å². The molecule has 1 amide bonds. The summed E-state index contributed by atoms with van der Waals surface area (Å²) in [7, 11) is 0. The standard InChI is InChI=1S/C19H15Cl2N3O/c20-15-3-1-13(2-4-15)12-23-18-11-14(9-10-22-18)19(25)24-17-7-5-16(21)6-8-17/h1-11H,12H2,(H,22,23)(H,24,25). The van der Waals surface area contributed by atoms with Gasteiger partial charge in [0.2, 0.25) is 0 Å². The number of halogens is 2. The summed E-state index contributed by atoms with van der Waals surface area (Å²) in [5.74, 6) is 0.415. The van der Waals surface area contributed by atoms with Crippen LogP contribution in [0.15, 0.2) is 66.9 Å². The van der Waals surface area contributed by atoms with Gasteiger partial charge < -0.3 is 10.6 Å². The number of carbonyl (C=O) groups is 1. The Morgan fingerprint density at radius 2 is 1.56 bits per heavy atom. The minimum atomic E-state index is -0.209. The van der Waals surface area contributed by atoms with E-state index < -0.39 is 0 Å². The van der Waals surface area contributed by atoms with Crippen LogP contribution in [-0.4, -0.2) is 10.9 Å². The molecule has 2 aromatic carbocycles. The van der Waals surface area contributed by atoms with E-state index in [-0.39, 0.29) is 5.91 Å². The van der Waals surface area contributed by atoms with E-state index in [4.69, 9.17) is 23.2 Å². The highest BCUT2D eigenvalue weighted by Gasteiger charge is 2.07. The van der Waals surface area contributed by atoms with Gasteiger partial charge in [-0.1, -0.05) is 35.3 Å².